The third-order valence-electron chi connectivity index (χ3n) is 3.62. The number of benzene rings is 2. The van der Waals surface area contributed by atoms with Crippen molar-refractivity contribution in [1.82, 2.24) is 0 Å². The number of nitrogens with one attached hydrogen (secondary N) is 1. The van der Waals surface area contributed by atoms with Crippen molar-refractivity contribution < 1.29 is 4.79 Å². The lowest BCUT2D eigenvalue weighted by molar-refractivity contribution is 0.102. The first kappa shape index (κ1) is 13.6. The summed E-state index contributed by atoms with van der Waals surface area (Å²) in [7, 11) is 0. The minimum Gasteiger partial charge on any atom is -0.399 e. The van der Waals surface area contributed by atoms with E-state index in [4.69, 9.17) is 5.73 Å². The van der Waals surface area contributed by atoms with Crippen LogP contribution in [0.3, 0.4) is 0 Å². The maximum absolute atomic E-state index is 12.3. The van der Waals surface area contributed by atoms with Crippen LogP contribution in [0.25, 0.3) is 10.1 Å². The molecule has 1 aromatic heterocycles. The second-order valence-electron chi connectivity index (χ2n) is 5.11. The molecule has 3 nitrogen and oxygen atoms in total. The fraction of sp³-hybridized carbons (Fsp3) is 0.118. The molecule has 0 bridgehead atoms. The van der Waals surface area contributed by atoms with E-state index in [2.05, 4.69) is 23.7 Å². The second-order valence-corrected chi connectivity index (χ2v) is 6.02. The Balaban J connectivity index is 1.96. The lowest BCUT2D eigenvalue weighted by Gasteiger charge is -2.11. The summed E-state index contributed by atoms with van der Waals surface area (Å²) in [5, 5.41) is 6.33. The molecule has 4 heteroatoms. The Kier molecular flexibility index (Phi) is 3.39. The molecule has 1 amide bonds. The Hall–Kier alpha value is -2.33. The molecule has 21 heavy (non-hydrogen) atoms. The van der Waals surface area contributed by atoms with Crippen LogP contribution in [0.15, 0.2) is 41.8 Å². The predicted molar refractivity (Wildman–Crippen MR) is 90.1 cm³/mol. The monoisotopic (exact) mass is 296 g/mol. The van der Waals surface area contributed by atoms with E-state index in [9.17, 15) is 4.79 Å². The minimum absolute atomic E-state index is 0.117. The number of nitrogens with two attached hydrogens (primary N) is 1. The standard InChI is InChI=1S/C17H16N2OS/c1-10-9-15(11(2)16-14(10)7-8-21-16)19-17(20)12-3-5-13(18)6-4-12/h3-9H,18H2,1-2H3,(H,19,20). The van der Waals surface area contributed by atoms with E-state index in [1.54, 1.807) is 35.6 Å². The summed E-state index contributed by atoms with van der Waals surface area (Å²) in [6.07, 6.45) is 0. The molecular formula is C17H16N2OS. The van der Waals surface area contributed by atoms with Crippen molar-refractivity contribution in [1.29, 1.82) is 0 Å². The Labute approximate surface area is 127 Å². The maximum atomic E-state index is 12.3. The van der Waals surface area contributed by atoms with Gasteiger partial charge in [0.25, 0.3) is 5.91 Å². The quantitative estimate of drug-likeness (QED) is 0.691. The summed E-state index contributed by atoms with van der Waals surface area (Å²) < 4.78 is 1.22. The average Bonchev–Trinajstić information content (AvgIpc) is 2.95. The number of hydrogen-bond donors (Lipinski definition) is 2. The van der Waals surface area contributed by atoms with Crippen LogP contribution in [0.5, 0.6) is 0 Å². The van der Waals surface area contributed by atoms with Crippen LogP contribution in [0, 0.1) is 13.8 Å². The predicted octanol–water partition coefficient (Wildman–Crippen LogP) is 4.35. The van der Waals surface area contributed by atoms with Gasteiger partial charge in [0, 0.05) is 21.6 Å². The first-order chi connectivity index (χ1) is 10.1. The number of hydrogen-bond acceptors (Lipinski definition) is 3. The highest BCUT2D eigenvalue weighted by Crippen LogP contribution is 2.32. The molecule has 3 aromatic rings. The number of thiophene rings is 1. The molecule has 0 saturated heterocycles. The zero-order valence-corrected chi connectivity index (χ0v) is 12.8. The van der Waals surface area contributed by atoms with E-state index >= 15 is 0 Å². The average molecular weight is 296 g/mol. The van der Waals surface area contributed by atoms with Gasteiger partial charge in [0.2, 0.25) is 0 Å². The van der Waals surface area contributed by atoms with Gasteiger partial charge in [-0.3, -0.25) is 4.79 Å². The van der Waals surface area contributed by atoms with Crippen LogP contribution < -0.4 is 11.1 Å². The van der Waals surface area contributed by atoms with E-state index in [1.807, 2.05) is 13.0 Å². The van der Waals surface area contributed by atoms with Gasteiger partial charge in [-0.2, -0.15) is 0 Å². The molecule has 3 N–H and O–H groups in total. The Morgan fingerprint density at radius 2 is 1.86 bits per heavy atom. The number of anilines is 2. The van der Waals surface area contributed by atoms with Crippen LogP contribution in [0.1, 0.15) is 21.5 Å². The molecule has 0 atom stereocenters. The molecule has 0 aliphatic heterocycles. The van der Waals surface area contributed by atoms with Crippen LogP contribution in [-0.4, -0.2) is 5.91 Å². The number of aryl methyl sites for hydroxylation is 2. The SMILES string of the molecule is Cc1cc(NC(=O)c2ccc(N)cc2)c(C)c2sccc12. The van der Waals surface area contributed by atoms with Crippen molar-refractivity contribution in [2.75, 3.05) is 11.1 Å². The van der Waals surface area contributed by atoms with E-state index in [-0.39, 0.29) is 5.91 Å². The van der Waals surface area contributed by atoms with Gasteiger partial charge in [-0.15, -0.1) is 11.3 Å². The number of rotatable bonds is 2. The van der Waals surface area contributed by atoms with Gasteiger partial charge >= 0.3 is 0 Å². The lowest BCUT2D eigenvalue weighted by atomic mass is 10.1. The summed E-state index contributed by atoms with van der Waals surface area (Å²) in [5.41, 5.74) is 10.0. The van der Waals surface area contributed by atoms with Gasteiger partial charge in [0.1, 0.15) is 0 Å². The van der Waals surface area contributed by atoms with Crippen molar-refractivity contribution >= 4 is 38.7 Å². The second kappa shape index (κ2) is 5.22. The first-order valence-corrected chi connectivity index (χ1v) is 7.58. The topological polar surface area (TPSA) is 55.1 Å². The highest BCUT2D eigenvalue weighted by atomic mass is 32.1. The van der Waals surface area contributed by atoms with Crippen molar-refractivity contribution in [3.8, 4) is 0 Å². The number of carbonyl (C=O) groups excluding carboxylic acids is 1. The molecule has 0 saturated carbocycles. The van der Waals surface area contributed by atoms with E-state index in [0.717, 1.165) is 11.3 Å². The van der Waals surface area contributed by atoms with Crippen molar-refractivity contribution in [2.45, 2.75) is 13.8 Å². The smallest absolute Gasteiger partial charge is 0.255 e. The fourth-order valence-electron chi connectivity index (χ4n) is 2.39. The fourth-order valence-corrected chi connectivity index (χ4v) is 3.38. The first-order valence-electron chi connectivity index (χ1n) is 6.70. The number of fused-ring (bicyclic) bond motifs is 1. The normalized spacial score (nSPS) is 10.8. The Morgan fingerprint density at radius 1 is 1.14 bits per heavy atom. The summed E-state index contributed by atoms with van der Waals surface area (Å²) in [5.74, 6) is -0.117. The zero-order chi connectivity index (χ0) is 15.0. The molecule has 2 aromatic carbocycles. The molecule has 0 unspecified atom stereocenters. The number of amides is 1. The van der Waals surface area contributed by atoms with E-state index in [0.29, 0.717) is 11.3 Å². The van der Waals surface area contributed by atoms with Crippen LogP contribution in [0.4, 0.5) is 11.4 Å². The van der Waals surface area contributed by atoms with Gasteiger partial charge in [0.05, 0.1) is 0 Å². The summed E-state index contributed by atoms with van der Waals surface area (Å²) in [6, 6.07) is 11.1. The number of carbonyl (C=O) groups is 1. The molecule has 3 rings (SSSR count). The highest BCUT2D eigenvalue weighted by molar-refractivity contribution is 7.17. The molecule has 0 spiro atoms. The van der Waals surface area contributed by atoms with Crippen LogP contribution in [0.2, 0.25) is 0 Å². The van der Waals surface area contributed by atoms with Crippen molar-refractivity contribution in [3.63, 3.8) is 0 Å². The minimum atomic E-state index is -0.117. The summed E-state index contributed by atoms with van der Waals surface area (Å²) in [4.78, 5) is 12.3. The largest absolute Gasteiger partial charge is 0.399 e. The van der Waals surface area contributed by atoms with Crippen LogP contribution >= 0.6 is 11.3 Å². The molecule has 0 radical (unpaired) electrons. The third-order valence-corrected chi connectivity index (χ3v) is 4.65. The summed E-state index contributed by atoms with van der Waals surface area (Å²) in [6.45, 7) is 4.10. The lowest BCUT2D eigenvalue weighted by Crippen LogP contribution is -2.13. The molecule has 0 fully saturated rings. The molecular weight excluding hydrogens is 280 g/mol. The summed E-state index contributed by atoms with van der Waals surface area (Å²) >= 11 is 1.70. The van der Waals surface area contributed by atoms with Crippen molar-refractivity contribution in [3.05, 3.63) is 58.5 Å². The van der Waals surface area contributed by atoms with E-state index in [1.165, 1.54) is 15.6 Å². The van der Waals surface area contributed by atoms with Gasteiger partial charge < -0.3 is 11.1 Å². The van der Waals surface area contributed by atoms with Gasteiger partial charge in [-0.05, 0) is 72.1 Å². The molecule has 106 valence electrons. The molecule has 0 aliphatic carbocycles. The Morgan fingerprint density at radius 3 is 2.57 bits per heavy atom. The van der Waals surface area contributed by atoms with Gasteiger partial charge in [-0.25, -0.2) is 0 Å². The third kappa shape index (κ3) is 2.50. The van der Waals surface area contributed by atoms with Crippen LogP contribution in [-0.2, 0) is 0 Å². The van der Waals surface area contributed by atoms with E-state index < -0.39 is 0 Å². The highest BCUT2D eigenvalue weighted by Gasteiger charge is 2.11. The zero-order valence-electron chi connectivity index (χ0n) is 11.9. The molecule has 0 aliphatic rings. The Bertz CT molecular complexity index is 819. The molecule has 1 heterocycles. The van der Waals surface area contributed by atoms with Gasteiger partial charge in [0.15, 0.2) is 0 Å². The van der Waals surface area contributed by atoms with Crippen molar-refractivity contribution in [2.24, 2.45) is 0 Å². The van der Waals surface area contributed by atoms with Gasteiger partial charge in [-0.1, -0.05) is 0 Å². The number of nitrogen functional groups attached to an aromatic ring is 1. The maximum Gasteiger partial charge on any atom is 0.255 e.